The molecular formula is C13H15BrF2. The van der Waals surface area contributed by atoms with Gasteiger partial charge in [-0.15, -0.1) is 0 Å². The van der Waals surface area contributed by atoms with Crippen LogP contribution in [0.3, 0.4) is 0 Å². The van der Waals surface area contributed by atoms with Crippen molar-refractivity contribution in [2.45, 2.75) is 43.9 Å². The molecular weight excluding hydrogens is 274 g/mol. The highest BCUT2D eigenvalue weighted by Gasteiger charge is 2.42. The summed E-state index contributed by atoms with van der Waals surface area (Å²) >= 11 is 3.34. The Morgan fingerprint density at radius 2 is 1.56 bits per heavy atom. The highest BCUT2D eigenvalue weighted by Crippen LogP contribution is 2.44. The number of benzene rings is 1. The number of hydrogen-bond donors (Lipinski definition) is 0. The maximum atomic E-state index is 13.4. The minimum absolute atomic E-state index is 0.617. The van der Waals surface area contributed by atoms with Crippen LogP contribution >= 0.6 is 15.9 Å². The fourth-order valence-electron chi connectivity index (χ4n) is 2.60. The number of alkyl halides is 2. The van der Waals surface area contributed by atoms with Crippen LogP contribution in [0.15, 0.2) is 28.7 Å². The second-order valence-corrected chi connectivity index (χ2v) is 5.44. The largest absolute Gasteiger partial charge is 0.248 e. The van der Waals surface area contributed by atoms with Crippen LogP contribution in [0.5, 0.6) is 0 Å². The summed E-state index contributed by atoms with van der Waals surface area (Å²) in [6.07, 6.45) is 1.90. The summed E-state index contributed by atoms with van der Waals surface area (Å²) in [7, 11) is 0. The van der Waals surface area contributed by atoms with Gasteiger partial charge in [-0.1, -0.05) is 47.3 Å². The summed E-state index contributed by atoms with van der Waals surface area (Å²) in [5.74, 6) is 0. The van der Waals surface area contributed by atoms with Crippen LogP contribution in [0.1, 0.15) is 37.7 Å². The monoisotopic (exact) mass is 288 g/mol. The summed E-state index contributed by atoms with van der Waals surface area (Å²) in [4.78, 5) is 0. The minimum atomic E-state index is -2.26. The van der Waals surface area contributed by atoms with Gasteiger partial charge in [-0.2, -0.15) is 0 Å². The smallest absolute Gasteiger partial charge is 0.210 e. The van der Waals surface area contributed by atoms with E-state index in [1.54, 1.807) is 0 Å². The second kappa shape index (κ2) is 4.82. The number of halogens is 3. The predicted octanol–water partition coefficient (Wildman–Crippen LogP) is 4.92. The van der Waals surface area contributed by atoms with E-state index >= 15 is 0 Å². The van der Waals surface area contributed by atoms with Crippen molar-refractivity contribution >= 4 is 15.9 Å². The van der Waals surface area contributed by atoms with Gasteiger partial charge in [0.2, 0.25) is 6.43 Å². The lowest BCUT2D eigenvalue weighted by molar-refractivity contribution is 0.0254. The molecule has 1 fully saturated rings. The van der Waals surface area contributed by atoms with Gasteiger partial charge in [-0.3, -0.25) is 0 Å². The Bertz CT molecular complexity index is 339. The van der Waals surface area contributed by atoms with Crippen LogP contribution in [0, 0.1) is 0 Å². The van der Waals surface area contributed by atoms with E-state index in [0.717, 1.165) is 29.3 Å². The zero-order valence-corrected chi connectivity index (χ0v) is 10.6. The van der Waals surface area contributed by atoms with Gasteiger partial charge in [-0.25, -0.2) is 8.78 Å². The van der Waals surface area contributed by atoms with E-state index in [1.165, 1.54) is 0 Å². The van der Waals surface area contributed by atoms with E-state index in [0.29, 0.717) is 12.8 Å². The molecule has 0 radical (unpaired) electrons. The van der Waals surface area contributed by atoms with Crippen LogP contribution in [0.4, 0.5) is 8.78 Å². The Balaban J connectivity index is 2.34. The molecule has 0 unspecified atom stereocenters. The maximum absolute atomic E-state index is 13.4. The molecule has 1 aliphatic carbocycles. The van der Waals surface area contributed by atoms with Crippen LogP contribution in [-0.4, -0.2) is 6.43 Å². The van der Waals surface area contributed by atoms with Crippen LogP contribution in [0.2, 0.25) is 0 Å². The average Bonchev–Trinajstić information content (AvgIpc) is 2.30. The Morgan fingerprint density at radius 3 is 2.06 bits per heavy atom. The predicted molar refractivity (Wildman–Crippen MR) is 64.9 cm³/mol. The number of hydrogen-bond acceptors (Lipinski definition) is 0. The Morgan fingerprint density at radius 1 is 1.00 bits per heavy atom. The first-order valence-corrected chi connectivity index (χ1v) is 6.49. The quantitative estimate of drug-likeness (QED) is 0.725. The third-order valence-electron chi connectivity index (χ3n) is 3.58. The molecule has 3 heteroatoms. The molecule has 1 saturated carbocycles. The van der Waals surface area contributed by atoms with Gasteiger partial charge in [0, 0.05) is 4.47 Å². The van der Waals surface area contributed by atoms with Gasteiger partial charge < -0.3 is 0 Å². The molecule has 0 bridgehead atoms. The standard InChI is InChI=1S/C13H15BrF2/c14-11-6-4-10(5-7-11)13(12(15)16)8-2-1-3-9-13/h4-7,12H,1-3,8-9H2. The fourth-order valence-corrected chi connectivity index (χ4v) is 2.86. The van der Waals surface area contributed by atoms with E-state index < -0.39 is 11.8 Å². The third-order valence-corrected chi connectivity index (χ3v) is 4.11. The minimum Gasteiger partial charge on any atom is -0.210 e. The lowest BCUT2D eigenvalue weighted by atomic mass is 9.70. The summed E-state index contributed by atoms with van der Waals surface area (Å²) in [5, 5.41) is 0. The molecule has 1 aliphatic rings. The molecule has 0 atom stereocenters. The third kappa shape index (κ3) is 2.15. The lowest BCUT2D eigenvalue weighted by Gasteiger charge is -2.37. The van der Waals surface area contributed by atoms with Gasteiger partial charge in [0.15, 0.2) is 0 Å². The number of rotatable bonds is 2. The lowest BCUT2D eigenvalue weighted by Crippen LogP contribution is -2.36. The maximum Gasteiger partial charge on any atom is 0.248 e. The van der Waals surface area contributed by atoms with Crippen molar-refractivity contribution in [2.24, 2.45) is 0 Å². The van der Waals surface area contributed by atoms with Crippen molar-refractivity contribution in [3.63, 3.8) is 0 Å². The van der Waals surface area contributed by atoms with Crippen molar-refractivity contribution in [1.29, 1.82) is 0 Å². The molecule has 0 saturated heterocycles. The molecule has 0 nitrogen and oxygen atoms in total. The Hall–Kier alpha value is -0.440. The molecule has 0 spiro atoms. The summed E-state index contributed by atoms with van der Waals surface area (Å²) in [6.45, 7) is 0. The molecule has 0 aromatic heterocycles. The van der Waals surface area contributed by atoms with Gasteiger partial charge in [-0.05, 0) is 30.5 Å². The highest BCUT2D eigenvalue weighted by molar-refractivity contribution is 9.10. The summed E-state index contributed by atoms with van der Waals surface area (Å²) in [6, 6.07) is 7.38. The van der Waals surface area contributed by atoms with E-state index in [-0.39, 0.29) is 0 Å². The van der Waals surface area contributed by atoms with E-state index in [9.17, 15) is 8.78 Å². The molecule has 1 aromatic rings. The van der Waals surface area contributed by atoms with Gasteiger partial charge in [0.25, 0.3) is 0 Å². The fraction of sp³-hybridized carbons (Fsp3) is 0.538. The second-order valence-electron chi connectivity index (χ2n) is 4.52. The molecule has 88 valence electrons. The van der Waals surface area contributed by atoms with Crippen molar-refractivity contribution in [2.75, 3.05) is 0 Å². The van der Waals surface area contributed by atoms with Crippen LogP contribution in [-0.2, 0) is 5.41 Å². The van der Waals surface area contributed by atoms with Crippen molar-refractivity contribution in [1.82, 2.24) is 0 Å². The molecule has 0 heterocycles. The van der Waals surface area contributed by atoms with Gasteiger partial charge >= 0.3 is 0 Å². The van der Waals surface area contributed by atoms with E-state index in [1.807, 2.05) is 24.3 Å². The first-order valence-electron chi connectivity index (χ1n) is 5.69. The summed E-state index contributed by atoms with van der Waals surface area (Å²) < 4.78 is 27.6. The highest BCUT2D eigenvalue weighted by atomic mass is 79.9. The average molecular weight is 289 g/mol. The van der Waals surface area contributed by atoms with Crippen molar-refractivity contribution in [3.05, 3.63) is 34.3 Å². The Labute approximate surface area is 103 Å². The molecule has 16 heavy (non-hydrogen) atoms. The summed E-state index contributed by atoms with van der Waals surface area (Å²) in [5.41, 5.74) is -0.0933. The van der Waals surface area contributed by atoms with Crippen molar-refractivity contribution < 1.29 is 8.78 Å². The van der Waals surface area contributed by atoms with Gasteiger partial charge in [0.05, 0.1) is 5.41 Å². The molecule has 1 aromatic carbocycles. The molecule has 0 N–H and O–H groups in total. The van der Waals surface area contributed by atoms with Crippen molar-refractivity contribution in [3.8, 4) is 0 Å². The first kappa shape index (κ1) is 12.0. The topological polar surface area (TPSA) is 0 Å². The van der Waals surface area contributed by atoms with Gasteiger partial charge in [0.1, 0.15) is 0 Å². The van der Waals surface area contributed by atoms with Crippen LogP contribution in [0.25, 0.3) is 0 Å². The zero-order valence-electron chi connectivity index (χ0n) is 9.06. The van der Waals surface area contributed by atoms with Crippen LogP contribution < -0.4 is 0 Å². The Kier molecular flexibility index (Phi) is 3.63. The zero-order chi connectivity index (χ0) is 11.6. The van der Waals surface area contributed by atoms with E-state index in [4.69, 9.17) is 0 Å². The normalized spacial score (nSPS) is 20.0. The molecule has 0 amide bonds. The molecule has 2 rings (SSSR count). The first-order chi connectivity index (χ1) is 7.65. The van der Waals surface area contributed by atoms with E-state index in [2.05, 4.69) is 15.9 Å². The SMILES string of the molecule is FC(F)C1(c2ccc(Br)cc2)CCCCC1. The molecule has 0 aliphatic heterocycles.